The molecule has 0 radical (unpaired) electrons. The minimum absolute atomic E-state index is 0.300. The first kappa shape index (κ1) is 14.8. The Kier molecular flexibility index (Phi) is 3.94. The molecule has 8 heteroatoms. The molecule has 0 unspecified atom stereocenters. The van der Waals surface area contributed by atoms with Crippen LogP contribution in [0.25, 0.3) is 11.5 Å². The lowest BCUT2D eigenvalue weighted by molar-refractivity contribution is 0.327. The minimum atomic E-state index is -0.525. The Morgan fingerprint density at radius 3 is 2.88 bits per heavy atom. The predicted molar refractivity (Wildman–Crippen MR) is 85.2 cm³/mol. The van der Waals surface area contributed by atoms with Crippen LogP contribution in [0.1, 0.15) is 43.8 Å². The molecule has 0 saturated heterocycles. The smallest absolute Gasteiger partial charge is 0.295 e. The molecule has 8 nitrogen and oxygen atoms in total. The molecule has 3 aromatic rings. The monoisotopic (exact) mass is 326 g/mol. The highest BCUT2D eigenvalue weighted by Gasteiger charge is 2.18. The van der Waals surface area contributed by atoms with Crippen molar-refractivity contribution in [1.29, 1.82) is 0 Å². The van der Waals surface area contributed by atoms with Crippen molar-refractivity contribution < 1.29 is 4.52 Å². The molecular formula is C16H18N6O2. The van der Waals surface area contributed by atoms with Gasteiger partial charge in [0.25, 0.3) is 0 Å². The third-order valence-corrected chi connectivity index (χ3v) is 4.41. The van der Waals surface area contributed by atoms with Crippen molar-refractivity contribution in [3.63, 3.8) is 0 Å². The normalized spacial score (nSPS) is 15.7. The van der Waals surface area contributed by atoms with E-state index in [2.05, 4.69) is 20.2 Å². The van der Waals surface area contributed by atoms with Crippen LogP contribution in [-0.2, 0) is 6.54 Å². The molecule has 0 amide bonds. The maximum atomic E-state index is 12.0. The molecule has 3 heterocycles. The predicted octanol–water partition coefficient (Wildman–Crippen LogP) is 2.04. The molecule has 0 bridgehead atoms. The highest BCUT2D eigenvalue weighted by molar-refractivity contribution is 5.46. The zero-order valence-electron chi connectivity index (χ0n) is 13.2. The van der Waals surface area contributed by atoms with Crippen molar-refractivity contribution in [1.82, 2.24) is 29.5 Å². The average molecular weight is 326 g/mol. The second-order valence-corrected chi connectivity index (χ2v) is 6.03. The van der Waals surface area contributed by atoms with Crippen molar-refractivity contribution in [2.45, 2.75) is 44.7 Å². The Bertz CT molecular complexity index is 860. The van der Waals surface area contributed by atoms with Gasteiger partial charge < -0.3 is 0 Å². The van der Waals surface area contributed by atoms with E-state index < -0.39 is 5.76 Å². The molecule has 124 valence electrons. The quantitative estimate of drug-likeness (QED) is 0.728. The van der Waals surface area contributed by atoms with E-state index in [1.807, 2.05) is 16.9 Å². The van der Waals surface area contributed by atoms with Gasteiger partial charge in [-0.25, -0.2) is 14.3 Å². The van der Waals surface area contributed by atoms with Crippen molar-refractivity contribution in [3.05, 3.63) is 47.1 Å². The molecule has 4 rings (SSSR count). The van der Waals surface area contributed by atoms with Crippen LogP contribution in [0.2, 0.25) is 0 Å². The topological polar surface area (TPSA) is 91.6 Å². The van der Waals surface area contributed by atoms with E-state index in [0.717, 1.165) is 5.69 Å². The Labute approximate surface area is 138 Å². The van der Waals surface area contributed by atoms with Gasteiger partial charge in [0.15, 0.2) is 0 Å². The van der Waals surface area contributed by atoms with Crippen molar-refractivity contribution >= 4 is 0 Å². The zero-order chi connectivity index (χ0) is 16.4. The molecule has 24 heavy (non-hydrogen) atoms. The SMILES string of the molecule is O=c1onc(-c2cnccn2)n1Cc1ccn(C2CCCCC2)n1. The van der Waals surface area contributed by atoms with Gasteiger partial charge in [0.2, 0.25) is 5.82 Å². The van der Waals surface area contributed by atoms with Crippen LogP contribution in [0.5, 0.6) is 0 Å². The molecule has 3 aromatic heterocycles. The highest BCUT2D eigenvalue weighted by Crippen LogP contribution is 2.27. The summed E-state index contributed by atoms with van der Waals surface area (Å²) in [5.74, 6) is -0.164. The third kappa shape index (κ3) is 2.86. The number of aromatic nitrogens is 6. The lowest BCUT2D eigenvalue weighted by atomic mass is 9.96. The van der Waals surface area contributed by atoms with E-state index in [1.165, 1.54) is 36.7 Å². The first-order chi connectivity index (χ1) is 11.8. The van der Waals surface area contributed by atoms with Crippen LogP contribution in [0.4, 0.5) is 0 Å². The lowest BCUT2D eigenvalue weighted by Crippen LogP contribution is -2.18. The van der Waals surface area contributed by atoms with Crippen LogP contribution < -0.4 is 5.76 Å². The summed E-state index contributed by atoms with van der Waals surface area (Å²) in [6.07, 6.45) is 12.8. The summed E-state index contributed by atoms with van der Waals surface area (Å²) < 4.78 is 8.25. The molecule has 0 aromatic carbocycles. The van der Waals surface area contributed by atoms with Gasteiger partial charge in [0.05, 0.1) is 24.5 Å². The van der Waals surface area contributed by atoms with E-state index in [4.69, 9.17) is 4.52 Å². The van der Waals surface area contributed by atoms with Crippen molar-refractivity contribution in [3.8, 4) is 11.5 Å². The van der Waals surface area contributed by atoms with Gasteiger partial charge in [-0.05, 0) is 18.9 Å². The fourth-order valence-electron chi connectivity index (χ4n) is 3.18. The summed E-state index contributed by atoms with van der Waals surface area (Å²) in [6.45, 7) is 0.300. The second kappa shape index (κ2) is 6.38. The zero-order valence-corrected chi connectivity index (χ0v) is 13.2. The standard InChI is InChI=1S/C16H18N6O2/c23-16-21(15(20-24-16)14-10-17-7-8-18-14)11-12-6-9-22(19-12)13-4-2-1-3-5-13/h6-10,13H,1-5,11H2. The molecule has 0 spiro atoms. The molecule has 1 aliphatic rings. The van der Waals surface area contributed by atoms with E-state index in [9.17, 15) is 4.79 Å². The summed E-state index contributed by atoms with van der Waals surface area (Å²) >= 11 is 0. The van der Waals surface area contributed by atoms with E-state index >= 15 is 0 Å². The number of hydrogen-bond donors (Lipinski definition) is 0. The van der Waals surface area contributed by atoms with E-state index in [-0.39, 0.29) is 0 Å². The Balaban J connectivity index is 1.59. The highest BCUT2D eigenvalue weighted by atomic mass is 16.5. The molecule has 1 fully saturated rings. The third-order valence-electron chi connectivity index (χ3n) is 4.41. The maximum absolute atomic E-state index is 12.0. The largest absolute Gasteiger partial charge is 0.442 e. The number of rotatable bonds is 4. The summed E-state index contributed by atoms with van der Waals surface area (Å²) in [7, 11) is 0. The number of hydrogen-bond acceptors (Lipinski definition) is 6. The lowest BCUT2D eigenvalue weighted by Gasteiger charge is -2.21. The molecule has 0 atom stereocenters. The van der Waals surface area contributed by atoms with Crippen LogP contribution >= 0.6 is 0 Å². The summed E-state index contributed by atoms with van der Waals surface area (Å²) in [4.78, 5) is 20.2. The van der Waals surface area contributed by atoms with Crippen molar-refractivity contribution in [2.75, 3.05) is 0 Å². The van der Waals surface area contributed by atoms with Gasteiger partial charge in [-0.3, -0.25) is 14.2 Å². The molecule has 1 aliphatic carbocycles. The molecule has 1 saturated carbocycles. The first-order valence-electron chi connectivity index (χ1n) is 8.18. The van der Waals surface area contributed by atoms with Crippen LogP contribution in [0, 0.1) is 0 Å². The molecule has 0 N–H and O–H groups in total. The Morgan fingerprint density at radius 2 is 2.08 bits per heavy atom. The van der Waals surface area contributed by atoms with Gasteiger partial charge in [0.1, 0.15) is 5.69 Å². The summed E-state index contributed by atoms with van der Waals surface area (Å²) in [5, 5.41) is 8.45. The van der Waals surface area contributed by atoms with Crippen LogP contribution in [0.3, 0.4) is 0 Å². The van der Waals surface area contributed by atoms with E-state index in [0.29, 0.717) is 24.1 Å². The van der Waals surface area contributed by atoms with E-state index in [1.54, 1.807) is 18.6 Å². The number of nitrogens with zero attached hydrogens (tertiary/aromatic N) is 6. The Hall–Kier alpha value is -2.77. The van der Waals surface area contributed by atoms with Gasteiger partial charge in [-0.15, -0.1) is 0 Å². The Morgan fingerprint density at radius 1 is 1.21 bits per heavy atom. The van der Waals surface area contributed by atoms with Gasteiger partial charge in [-0.1, -0.05) is 24.4 Å². The van der Waals surface area contributed by atoms with Gasteiger partial charge in [-0.2, -0.15) is 5.10 Å². The fourth-order valence-corrected chi connectivity index (χ4v) is 3.18. The van der Waals surface area contributed by atoms with Crippen molar-refractivity contribution in [2.24, 2.45) is 0 Å². The average Bonchev–Trinajstić information content (AvgIpc) is 3.25. The maximum Gasteiger partial charge on any atom is 0.442 e. The minimum Gasteiger partial charge on any atom is -0.295 e. The fraction of sp³-hybridized carbons (Fsp3) is 0.438. The first-order valence-corrected chi connectivity index (χ1v) is 8.18. The van der Waals surface area contributed by atoms with Gasteiger partial charge >= 0.3 is 5.76 Å². The van der Waals surface area contributed by atoms with Crippen LogP contribution in [-0.4, -0.2) is 29.5 Å². The summed E-state index contributed by atoms with van der Waals surface area (Å²) in [5.41, 5.74) is 1.30. The molecule has 0 aliphatic heterocycles. The second-order valence-electron chi connectivity index (χ2n) is 6.03. The van der Waals surface area contributed by atoms with Crippen LogP contribution in [0.15, 0.2) is 40.2 Å². The summed E-state index contributed by atoms with van der Waals surface area (Å²) in [6, 6.07) is 2.40. The molecular weight excluding hydrogens is 308 g/mol. The van der Waals surface area contributed by atoms with Gasteiger partial charge in [0, 0.05) is 18.6 Å².